The van der Waals surface area contributed by atoms with Gasteiger partial charge in [0.1, 0.15) is 0 Å². The van der Waals surface area contributed by atoms with E-state index in [0.717, 1.165) is 11.1 Å². The maximum Gasteiger partial charge on any atom is 0.214 e. The van der Waals surface area contributed by atoms with Crippen LogP contribution in [0.15, 0.2) is 12.1 Å². The molecule has 0 bridgehead atoms. The molecular weight excluding hydrogens is 294 g/mol. The molecule has 6 nitrogen and oxygen atoms in total. The summed E-state index contributed by atoms with van der Waals surface area (Å²) < 4.78 is 36.4. The van der Waals surface area contributed by atoms with Crippen LogP contribution in [0.4, 0.5) is 0 Å². The highest BCUT2D eigenvalue weighted by molar-refractivity contribution is 7.89. The summed E-state index contributed by atoms with van der Waals surface area (Å²) in [6.07, 6.45) is 0.908. The highest BCUT2D eigenvalue weighted by atomic mass is 32.2. The second-order valence-electron chi connectivity index (χ2n) is 4.95. The Bertz CT molecular complexity index is 600. The predicted octanol–water partition coefficient (Wildman–Crippen LogP) is 0.774. The smallest absolute Gasteiger partial charge is 0.214 e. The summed E-state index contributed by atoms with van der Waals surface area (Å²) in [5.41, 5.74) is 2.02. The molecule has 0 atom stereocenters. The summed E-state index contributed by atoms with van der Waals surface area (Å²) in [4.78, 5) is 0. The molecule has 1 aromatic rings. The summed E-state index contributed by atoms with van der Waals surface area (Å²) >= 11 is 0. The number of hydrogen-bond acceptors (Lipinski definition) is 5. The molecule has 0 saturated heterocycles. The third-order valence-corrected chi connectivity index (χ3v) is 5.54. The van der Waals surface area contributed by atoms with Crippen LogP contribution in [0.2, 0.25) is 0 Å². The molecule has 0 amide bonds. The maximum atomic E-state index is 12.2. The van der Waals surface area contributed by atoms with E-state index in [-0.39, 0.29) is 18.8 Å². The molecule has 21 heavy (non-hydrogen) atoms. The molecule has 0 aliphatic carbocycles. The van der Waals surface area contributed by atoms with Crippen LogP contribution in [-0.4, -0.2) is 51.0 Å². The zero-order valence-corrected chi connectivity index (χ0v) is 13.1. The SMILES string of the molecule is COc1cc2c(cc1OC)CN(S(=O)(=O)CCCO)CC2. The lowest BCUT2D eigenvalue weighted by Gasteiger charge is -2.28. The van der Waals surface area contributed by atoms with Crippen molar-refractivity contribution >= 4 is 10.0 Å². The Hall–Kier alpha value is -1.31. The van der Waals surface area contributed by atoms with Crippen molar-refractivity contribution in [2.24, 2.45) is 0 Å². The fourth-order valence-electron chi connectivity index (χ4n) is 2.47. The molecule has 1 heterocycles. The summed E-state index contributed by atoms with van der Waals surface area (Å²) in [5, 5.41) is 8.80. The predicted molar refractivity (Wildman–Crippen MR) is 79.1 cm³/mol. The van der Waals surface area contributed by atoms with Gasteiger partial charge >= 0.3 is 0 Å². The number of rotatable bonds is 6. The quantitative estimate of drug-likeness (QED) is 0.839. The first-order valence-corrected chi connectivity index (χ1v) is 8.45. The van der Waals surface area contributed by atoms with Gasteiger partial charge in [-0.1, -0.05) is 0 Å². The van der Waals surface area contributed by atoms with Crippen molar-refractivity contribution in [3.05, 3.63) is 23.3 Å². The molecule has 118 valence electrons. The van der Waals surface area contributed by atoms with Gasteiger partial charge in [-0.3, -0.25) is 0 Å². The summed E-state index contributed by atoms with van der Waals surface area (Å²) in [7, 11) is -0.182. The number of hydrogen-bond donors (Lipinski definition) is 1. The van der Waals surface area contributed by atoms with Crippen LogP contribution in [0.5, 0.6) is 11.5 Å². The fourth-order valence-corrected chi connectivity index (χ4v) is 3.93. The first-order valence-electron chi connectivity index (χ1n) is 6.84. The van der Waals surface area contributed by atoms with Crippen molar-refractivity contribution in [1.29, 1.82) is 0 Å². The van der Waals surface area contributed by atoms with Gasteiger partial charge in [0, 0.05) is 19.7 Å². The van der Waals surface area contributed by atoms with Gasteiger partial charge in [-0.15, -0.1) is 0 Å². The molecule has 0 radical (unpaired) electrons. The van der Waals surface area contributed by atoms with Gasteiger partial charge in [0.25, 0.3) is 0 Å². The zero-order valence-electron chi connectivity index (χ0n) is 12.3. The van der Waals surface area contributed by atoms with E-state index in [0.29, 0.717) is 31.0 Å². The molecule has 1 aromatic carbocycles. The van der Waals surface area contributed by atoms with E-state index in [1.165, 1.54) is 4.31 Å². The Morgan fingerprint density at radius 1 is 1.19 bits per heavy atom. The largest absolute Gasteiger partial charge is 0.493 e. The average molecular weight is 315 g/mol. The standard InChI is InChI=1S/C14H21NO5S/c1-19-13-8-11-4-5-15(21(17,18)7-3-6-16)10-12(11)9-14(13)20-2/h8-9,16H,3-7,10H2,1-2H3. The lowest BCUT2D eigenvalue weighted by Crippen LogP contribution is -2.37. The third-order valence-electron chi connectivity index (χ3n) is 3.64. The summed E-state index contributed by atoms with van der Waals surface area (Å²) in [5.74, 6) is 1.24. The van der Waals surface area contributed by atoms with Crippen LogP contribution in [0.1, 0.15) is 17.5 Å². The average Bonchev–Trinajstić information content (AvgIpc) is 2.50. The highest BCUT2D eigenvalue weighted by Crippen LogP contribution is 2.33. The molecule has 0 fully saturated rings. The fraction of sp³-hybridized carbons (Fsp3) is 0.571. The van der Waals surface area contributed by atoms with Gasteiger partial charge < -0.3 is 14.6 Å². The Labute approximate surface area is 125 Å². The van der Waals surface area contributed by atoms with Crippen LogP contribution in [0, 0.1) is 0 Å². The normalized spacial score (nSPS) is 15.6. The molecule has 1 aliphatic heterocycles. The van der Waals surface area contributed by atoms with E-state index in [4.69, 9.17) is 14.6 Å². The molecule has 0 spiro atoms. The van der Waals surface area contributed by atoms with E-state index < -0.39 is 10.0 Å². The molecule has 0 aromatic heterocycles. The second-order valence-corrected chi connectivity index (χ2v) is 7.04. The number of benzene rings is 1. The number of aliphatic hydroxyl groups excluding tert-OH is 1. The van der Waals surface area contributed by atoms with Crippen LogP contribution < -0.4 is 9.47 Å². The topological polar surface area (TPSA) is 76.1 Å². The zero-order chi connectivity index (χ0) is 15.5. The molecule has 0 unspecified atom stereocenters. The van der Waals surface area contributed by atoms with Gasteiger partial charge in [-0.25, -0.2) is 8.42 Å². The van der Waals surface area contributed by atoms with E-state index in [1.54, 1.807) is 14.2 Å². The molecule has 1 aliphatic rings. The maximum absolute atomic E-state index is 12.2. The Morgan fingerprint density at radius 3 is 2.38 bits per heavy atom. The first kappa shape index (κ1) is 16.1. The minimum absolute atomic E-state index is 0.0217. The first-order chi connectivity index (χ1) is 10.0. The van der Waals surface area contributed by atoms with Crippen molar-refractivity contribution in [2.45, 2.75) is 19.4 Å². The van der Waals surface area contributed by atoms with Crippen LogP contribution in [0.25, 0.3) is 0 Å². The van der Waals surface area contributed by atoms with Crippen LogP contribution >= 0.6 is 0 Å². The minimum Gasteiger partial charge on any atom is -0.493 e. The summed E-state index contributed by atoms with van der Waals surface area (Å²) in [6.45, 7) is 0.675. The van der Waals surface area contributed by atoms with Gasteiger partial charge in [-0.2, -0.15) is 4.31 Å². The lowest BCUT2D eigenvalue weighted by atomic mass is 10.0. The molecular formula is C14H21NO5S. The lowest BCUT2D eigenvalue weighted by molar-refractivity contribution is 0.293. The molecule has 0 saturated carbocycles. The van der Waals surface area contributed by atoms with Crippen molar-refractivity contribution in [2.75, 3.05) is 33.1 Å². The second kappa shape index (κ2) is 6.64. The molecule has 7 heteroatoms. The van der Waals surface area contributed by atoms with Crippen molar-refractivity contribution in [1.82, 2.24) is 4.31 Å². The number of sulfonamides is 1. The van der Waals surface area contributed by atoms with Crippen molar-refractivity contribution < 1.29 is 23.0 Å². The van der Waals surface area contributed by atoms with Gasteiger partial charge in [-0.05, 0) is 36.1 Å². The van der Waals surface area contributed by atoms with Crippen LogP contribution in [-0.2, 0) is 23.0 Å². The van der Waals surface area contributed by atoms with E-state index >= 15 is 0 Å². The monoisotopic (exact) mass is 315 g/mol. The number of aliphatic hydroxyl groups is 1. The number of fused-ring (bicyclic) bond motifs is 1. The highest BCUT2D eigenvalue weighted by Gasteiger charge is 2.27. The number of methoxy groups -OCH3 is 2. The molecule has 2 rings (SSSR count). The van der Waals surface area contributed by atoms with Gasteiger partial charge in [0.2, 0.25) is 10.0 Å². The summed E-state index contributed by atoms with van der Waals surface area (Å²) in [6, 6.07) is 3.74. The van der Waals surface area contributed by atoms with Gasteiger partial charge in [0.15, 0.2) is 11.5 Å². The van der Waals surface area contributed by atoms with E-state index in [2.05, 4.69) is 0 Å². The van der Waals surface area contributed by atoms with E-state index in [9.17, 15) is 8.42 Å². The Morgan fingerprint density at radius 2 is 1.81 bits per heavy atom. The van der Waals surface area contributed by atoms with Crippen LogP contribution in [0.3, 0.4) is 0 Å². The molecule has 1 N–H and O–H groups in total. The Balaban J connectivity index is 2.24. The number of ether oxygens (including phenoxy) is 2. The third kappa shape index (κ3) is 3.48. The number of nitrogens with zero attached hydrogens (tertiary/aromatic N) is 1. The van der Waals surface area contributed by atoms with Gasteiger partial charge in [0.05, 0.1) is 20.0 Å². The van der Waals surface area contributed by atoms with E-state index in [1.807, 2.05) is 12.1 Å². The van der Waals surface area contributed by atoms with Crippen molar-refractivity contribution in [3.8, 4) is 11.5 Å². The Kier molecular flexibility index (Phi) is 5.08. The minimum atomic E-state index is -3.32. The van der Waals surface area contributed by atoms with Crippen molar-refractivity contribution in [3.63, 3.8) is 0 Å².